The third-order valence-electron chi connectivity index (χ3n) is 1.78. The van der Waals surface area contributed by atoms with Gasteiger partial charge >= 0.3 is 0 Å². The summed E-state index contributed by atoms with van der Waals surface area (Å²) >= 11 is 1.46. The largest absolute Gasteiger partial charge is 0.381 e. The normalized spacial score (nSPS) is 34.2. The van der Waals surface area contributed by atoms with Gasteiger partial charge in [0, 0.05) is 18.8 Å². The molecule has 0 aromatic heterocycles. The van der Waals surface area contributed by atoms with Gasteiger partial charge in [0.05, 0.1) is 12.7 Å². The van der Waals surface area contributed by atoms with Crippen LogP contribution in [0.25, 0.3) is 0 Å². The van der Waals surface area contributed by atoms with Gasteiger partial charge in [-0.2, -0.15) is 0 Å². The van der Waals surface area contributed by atoms with E-state index in [4.69, 9.17) is 8.92 Å². The zero-order valence-corrected chi connectivity index (χ0v) is 7.32. The van der Waals surface area contributed by atoms with Crippen molar-refractivity contribution in [3.8, 4) is 0 Å². The summed E-state index contributed by atoms with van der Waals surface area (Å²) in [4.78, 5) is 0. The van der Waals surface area contributed by atoms with Crippen LogP contribution < -0.4 is 0 Å². The Hall–Kier alpha value is 0.270. The fourth-order valence-corrected chi connectivity index (χ4v) is 1.66. The molecule has 1 saturated heterocycles. The van der Waals surface area contributed by atoms with Gasteiger partial charge < -0.3 is 8.92 Å². The molecule has 3 heteroatoms. The van der Waals surface area contributed by atoms with Crippen LogP contribution in [0.4, 0.5) is 0 Å². The highest BCUT2D eigenvalue weighted by atomic mass is 32.2. The molecule has 1 heterocycles. The van der Waals surface area contributed by atoms with E-state index in [-0.39, 0.29) is 0 Å². The maximum atomic E-state index is 5.43. The lowest BCUT2D eigenvalue weighted by atomic mass is 10.0. The molecule has 2 atom stereocenters. The van der Waals surface area contributed by atoms with E-state index < -0.39 is 0 Å². The lowest BCUT2D eigenvalue weighted by Crippen LogP contribution is -2.30. The van der Waals surface area contributed by atoms with Crippen LogP contribution in [-0.4, -0.2) is 25.6 Å². The SMILES string of the molecule is CSOC1CCOCC1C. The summed E-state index contributed by atoms with van der Waals surface area (Å²) in [7, 11) is 0. The van der Waals surface area contributed by atoms with Crippen molar-refractivity contribution >= 4 is 12.0 Å². The highest BCUT2D eigenvalue weighted by Gasteiger charge is 2.22. The summed E-state index contributed by atoms with van der Waals surface area (Å²) < 4.78 is 10.7. The minimum Gasteiger partial charge on any atom is -0.381 e. The third kappa shape index (κ3) is 2.15. The first-order valence-electron chi connectivity index (χ1n) is 3.62. The molecule has 0 bridgehead atoms. The van der Waals surface area contributed by atoms with Gasteiger partial charge in [-0.3, -0.25) is 0 Å². The van der Waals surface area contributed by atoms with Gasteiger partial charge in [-0.1, -0.05) is 6.92 Å². The first-order valence-corrected chi connectivity index (χ1v) is 4.76. The van der Waals surface area contributed by atoms with Crippen LogP contribution in [0.2, 0.25) is 0 Å². The Balaban J connectivity index is 2.25. The molecule has 60 valence electrons. The highest BCUT2D eigenvalue weighted by Crippen LogP contribution is 2.20. The Morgan fingerprint density at radius 2 is 2.40 bits per heavy atom. The van der Waals surface area contributed by atoms with Crippen molar-refractivity contribution in [3.63, 3.8) is 0 Å². The van der Waals surface area contributed by atoms with Crippen LogP contribution in [0.3, 0.4) is 0 Å². The molecule has 0 radical (unpaired) electrons. The van der Waals surface area contributed by atoms with E-state index in [0.29, 0.717) is 12.0 Å². The molecule has 0 aromatic carbocycles. The fourth-order valence-electron chi connectivity index (χ4n) is 1.13. The second-order valence-corrected chi connectivity index (χ2v) is 3.17. The second-order valence-electron chi connectivity index (χ2n) is 2.64. The quantitative estimate of drug-likeness (QED) is 0.576. The molecule has 0 amide bonds. The minimum atomic E-state index is 0.406. The number of hydrogen-bond acceptors (Lipinski definition) is 3. The van der Waals surface area contributed by atoms with Crippen LogP contribution in [0, 0.1) is 5.92 Å². The molecule has 1 fully saturated rings. The minimum absolute atomic E-state index is 0.406. The lowest BCUT2D eigenvalue weighted by molar-refractivity contribution is -0.00832. The smallest absolute Gasteiger partial charge is 0.0791 e. The summed E-state index contributed by atoms with van der Waals surface area (Å²) in [6.45, 7) is 3.88. The van der Waals surface area contributed by atoms with E-state index in [0.717, 1.165) is 19.6 Å². The Morgan fingerprint density at radius 3 is 3.00 bits per heavy atom. The van der Waals surface area contributed by atoms with Crippen molar-refractivity contribution in [2.24, 2.45) is 5.92 Å². The maximum Gasteiger partial charge on any atom is 0.0791 e. The molecule has 0 saturated carbocycles. The van der Waals surface area contributed by atoms with Crippen LogP contribution >= 0.6 is 12.0 Å². The molecule has 2 unspecified atom stereocenters. The monoisotopic (exact) mass is 162 g/mol. The number of ether oxygens (including phenoxy) is 1. The van der Waals surface area contributed by atoms with E-state index in [1.165, 1.54) is 12.0 Å². The average molecular weight is 162 g/mol. The van der Waals surface area contributed by atoms with Gasteiger partial charge in [-0.15, -0.1) is 0 Å². The van der Waals surface area contributed by atoms with Crippen molar-refractivity contribution in [1.29, 1.82) is 0 Å². The van der Waals surface area contributed by atoms with Crippen LogP contribution in [0.1, 0.15) is 13.3 Å². The predicted molar refractivity (Wildman–Crippen MR) is 43.0 cm³/mol. The molecule has 0 N–H and O–H groups in total. The molecule has 10 heavy (non-hydrogen) atoms. The zero-order chi connectivity index (χ0) is 7.40. The Kier molecular flexibility index (Phi) is 3.52. The number of rotatable bonds is 2. The van der Waals surface area contributed by atoms with Crippen molar-refractivity contribution in [2.45, 2.75) is 19.4 Å². The zero-order valence-electron chi connectivity index (χ0n) is 6.50. The van der Waals surface area contributed by atoms with Crippen LogP contribution in [0.5, 0.6) is 0 Å². The molecular weight excluding hydrogens is 148 g/mol. The summed E-state index contributed by atoms with van der Waals surface area (Å²) in [5, 5.41) is 0. The molecule has 0 aliphatic carbocycles. The molecule has 1 rings (SSSR count). The lowest BCUT2D eigenvalue weighted by Gasteiger charge is -2.27. The van der Waals surface area contributed by atoms with Crippen molar-refractivity contribution in [3.05, 3.63) is 0 Å². The van der Waals surface area contributed by atoms with Gasteiger partial charge in [0.15, 0.2) is 0 Å². The van der Waals surface area contributed by atoms with Crippen molar-refractivity contribution < 1.29 is 8.92 Å². The molecule has 0 aromatic rings. The van der Waals surface area contributed by atoms with Gasteiger partial charge in [-0.05, 0) is 18.5 Å². The topological polar surface area (TPSA) is 18.5 Å². The summed E-state index contributed by atoms with van der Waals surface area (Å²) in [5.74, 6) is 0.557. The molecule has 1 aliphatic rings. The fraction of sp³-hybridized carbons (Fsp3) is 1.00. The van der Waals surface area contributed by atoms with E-state index in [9.17, 15) is 0 Å². The first-order chi connectivity index (χ1) is 4.84. The first kappa shape index (κ1) is 8.37. The summed E-state index contributed by atoms with van der Waals surface area (Å²) in [5.41, 5.74) is 0. The Bertz CT molecular complexity index is 95.6. The van der Waals surface area contributed by atoms with Crippen molar-refractivity contribution in [2.75, 3.05) is 19.5 Å². The van der Waals surface area contributed by atoms with Gasteiger partial charge in [0.2, 0.25) is 0 Å². The van der Waals surface area contributed by atoms with E-state index in [1.807, 2.05) is 6.26 Å². The summed E-state index contributed by atoms with van der Waals surface area (Å²) in [6.07, 6.45) is 3.41. The Labute approximate surface area is 66.5 Å². The van der Waals surface area contributed by atoms with E-state index >= 15 is 0 Å². The third-order valence-corrected chi connectivity index (χ3v) is 2.22. The Morgan fingerprint density at radius 1 is 1.60 bits per heavy atom. The van der Waals surface area contributed by atoms with E-state index in [1.54, 1.807) is 0 Å². The highest BCUT2D eigenvalue weighted by molar-refractivity contribution is 7.93. The van der Waals surface area contributed by atoms with Gasteiger partial charge in [-0.25, -0.2) is 0 Å². The number of hydrogen-bond donors (Lipinski definition) is 0. The van der Waals surface area contributed by atoms with Crippen LogP contribution in [-0.2, 0) is 8.92 Å². The van der Waals surface area contributed by atoms with E-state index in [2.05, 4.69) is 6.92 Å². The maximum absolute atomic E-state index is 5.43. The standard InChI is InChI=1S/C7H14O2S/c1-6-5-8-4-3-7(6)9-10-2/h6-7H,3-5H2,1-2H3. The van der Waals surface area contributed by atoms with Gasteiger partial charge in [0.25, 0.3) is 0 Å². The van der Waals surface area contributed by atoms with Crippen molar-refractivity contribution in [1.82, 2.24) is 0 Å². The molecule has 0 spiro atoms. The summed E-state index contributed by atoms with van der Waals surface area (Å²) in [6, 6.07) is 0. The molecule has 1 aliphatic heterocycles. The van der Waals surface area contributed by atoms with Crippen LogP contribution in [0.15, 0.2) is 0 Å². The molecule has 2 nitrogen and oxygen atoms in total. The van der Waals surface area contributed by atoms with Gasteiger partial charge in [0.1, 0.15) is 0 Å². The average Bonchev–Trinajstić information content (AvgIpc) is 1.94. The molecular formula is C7H14O2S. The second kappa shape index (κ2) is 4.21. The predicted octanol–water partition coefficient (Wildman–Crippen LogP) is 1.71.